The Labute approximate surface area is 117 Å². The van der Waals surface area contributed by atoms with Crippen LogP contribution in [0.3, 0.4) is 0 Å². The maximum atomic E-state index is 13.4. The van der Waals surface area contributed by atoms with Crippen molar-refractivity contribution in [3.8, 4) is 11.8 Å². The molecule has 0 saturated heterocycles. The Balaban J connectivity index is 2.50. The molecule has 102 valence electrons. The van der Waals surface area contributed by atoms with Gasteiger partial charge in [0.25, 0.3) is 0 Å². The Morgan fingerprint density at radius 1 is 1.47 bits per heavy atom. The molecular formula is C14H15ClFNO2. The standard InChI is InChI=1S/C14H15ClFNO2/c1-14(2,3)19-13(18)17-8-4-5-10-6-7-11(15)9-12(10)16/h6-7,9H,8H2,1-3H3,(H,17,18). The van der Waals surface area contributed by atoms with Crippen LogP contribution in [0.1, 0.15) is 26.3 Å². The van der Waals surface area contributed by atoms with Crippen LogP contribution in [0.15, 0.2) is 18.2 Å². The van der Waals surface area contributed by atoms with Crippen LogP contribution in [0.4, 0.5) is 9.18 Å². The highest BCUT2D eigenvalue weighted by Crippen LogP contribution is 2.13. The highest BCUT2D eigenvalue weighted by molar-refractivity contribution is 6.30. The van der Waals surface area contributed by atoms with Gasteiger partial charge in [0, 0.05) is 5.02 Å². The first-order valence-corrected chi connectivity index (χ1v) is 6.06. The number of alkyl carbamates (subject to hydrolysis) is 1. The third kappa shape index (κ3) is 6.12. The minimum atomic E-state index is -0.557. The molecule has 0 unspecified atom stereocenters. The van der Waals surface area contributed by atoms with E-state index in [1.54, 1.807) is 26.8 Å². The smallest absolute Gasteiger partial charge is 0.408 e. The Morgan fingerprint density at radius 2 is 2.16 bits per heavy atom. The van der Waals surface area contributed by atoms with E-state index in [1.165, 1.54) is 12.1 Å². The van der Waals surface area contributed by atoms with E-state index in [4.69, 9.17) is 16.3 Å². The van der Waals surface area contributed by atoms with Crippen LogP contribution in [-0.4, -0.2) is 18.2 Å². The van der Waals surface area contributed by atoms with Crippen LogP contribution in [0.5, 0.6) is 0 Å². The Hall–Kier alpha value is -1.73. The van der Waals surface area contributed by atoms with E-state index in [1.807, 2.05) is 0 Å². The average molecular weight is 284 g/mol. The number of amides is 1. The number of benzene rings is 1. The molecule has 0 heterocycles. The summed E-state index contributed by atoms with van der Waals surface area (Å²) in [6.07, 6.45) is -0.557. The zero-order chi connectivity index (χ0) is 14.5. The fraction of sp³-hybridized carbons (Fsp3) is 0.357. The summed E-state index contributed by atoms with van der Waals surface area (Å²) < 4.78 is 18.4. The molecule has 3 nitrogen and oxygen atoms in total. The van der Waals surface area contributed by atoms with E-state index in [0.717, 1.165) is 0 Å². The zero-order valence-corrected chi connectivity index (χ0v) is 11.8. The molecular weight excluding hydrogens is 269 g/mol. The number of nitrogens with one attached hydrogen (secondary N) is 1. The van der Waals surface area contributed by atoms with Crippen molar-refractivity contribution in [3.63, 3.8) is 0 Å². The predicted octanol–water partition coefficient (Wildman–Crippen LogP) is 3.36. The molecule has 0 atom stereocenters. The first-order valence-electron chi connectivity index (χ1n) is 5.69. The number of halogens is 2. The SMILES string of the molecule is CC(C)(C)OC(=O)NCC#Cc1ccc(Cl)cc1F. The van der Waals surface area contributed by atoms with Gasteiger partial charge in [-0.3, -0.25) is 0 Å². The maximum Gasteiger partial charge on any atom is 0.408 e. The molecule has 0 spiro atoms. The number of carbonyl (C=O) groups excluding carboxylic acids is 1. The van der Waals surface area contributed by atoms with Gasteiger partial charge in [0.05, 0.1) is 12.1 Å². The Morgan fingerprint density at radius 3 is 2.74 bits per heavy atom. The average Bonchev–Trinajstić information content (AvgIpc) is 2.24. The molecule has 0 saturated carbocycles. The van der Waals surface area contributed by atoms with Crippen molar-refractivity contribution in [1.29, 1.82) is 0 Å². The largest absolute Gasteiger partial charge is 0.444 e. The van der Waals surface area contributed by atoms with Gasteiger partial charge in [-0.15, -0.1) is 0 Å². The summed E-state index contributed by atoms with van der Waals surface area (Å²) in [5.41, 5.74) is -0.324. The van der Waals surface area contributed by atoms with Crippen LogP contribution in [0.25, 0.3) is 0 Å². The molecule has 0 bridgehead atoms. The van der Waals surface area contributed by atoms with Gasteiger partial charge in [0.15, 0.2) is 0 Å². The second-order valence-corrected chi connectivity index (χ2v) is 5.22. The fourth-order valence-corrected chi connectivity index (χ4v) is 1.32. The first kappa shape index (κ1) is 15.3. The van der Waals surface area contributed by atoms with Gasteiger partial charge < -0.3 is 10.1 Å². The topological polar surface area (TPSA) is 38.3 Å². The zero-order valence-electron chi connectivity index (χ0n) is 11.0. The highest BCUT2D eigenvalue weighted by Gasteiger charge is 2.14. The van der Waals surface area contributed by atoms with Crippen molar-refractivity contribution in [3.05, 3.63) is 34.6 Å². The molecule has 0 aliphatic heterocycles. The van der Waals surface area contributed by atoms with Gasteiger partial charge in [-0.05, 0) is 39.0 Å². The number of hydrogen-bond donors (Lipinski definition) is 1. The van der Waals surface area contributed by atoms with Crippen molar-refractivity contribution in [1.82, 2.24) is 5.32 Å². The van der Waals surface area contributed by atoms with E-state index in [9.17, 15) is 9.18 Å². The summed E-state index contributed by atoms with van der Waals surface area (Å²) in [5.74, 6) is 4.75. The van der Waals surface area contributed by atoms with Crippen LogP contribution in [0.2, 0.25) is 5.02 Å². The van der Waals surface area contributed by atoms with Crippen LogP contribution in [0, 0.1) is 17.7 Å². The summed E-state index contributed by atoms with van der Waals surface area (Å²) in [6, 6.07) is 4.22. The molecule has 1 N–H and O–H groups in total. The number of rotatable bonds is 1. The predicted molar refractivity (Wildman–Crippen MR) is 72.5 cm³/mol. The second-order valence-electron chi connectivity index (χ2n) is 4.78. The minimum Gasteiger partial charge on any atom is -0.444 e. The van der Waals surface area contributed by atoms with Crippen molar-refractivity contribution in [2.75, 3.05) is 6.54 Å². The molecule has 1 aromatic carbocycles. The van der Waals surface area contributed by atoms with Gasteiger partial charge in [0.1, 0.15) is 11.4 Å². The molecule has 0 aliphatic carbocycles. The summed E-state index contributed by atoms with van der Waals surface area (Å²) in [4.78, 5) is 11.3. The van der Waals surface area contributed by atoms with Crippen molar-refractivity contribution in [2.45, 2.75) is 26.4 Å². The Kier molecular flexibility index (Phi) is 5.20. The normalized spacial score (nSPS) is 10.4. The van der Waals surface area contributed by atoms with Crippen molar-refractivity contribution in [2.24, 2.45) is 0 Å². The van der Waals surface area contributed by atoms with Gasteiger partial charge in [-0.1, -0.05) is 23.4 Å². The van der Waals surface area contributed by atoms with E-state index in [2.05, 4.69) is 17.2 Å². The molecule has 0 radical (unpaired) electrons. The molecule has 19 heavy (non-hydrogen) atoms. The first-order chi connectivity index (χ1) is 8.78. The minimum absolute atomic E-state index is 0.0803. The van der Waals surface area contributed by atoms with Crippen molar-refractivity contribution < 1.29 is 13.9 Å². The molecule has 0 aliphatic rings. The number of hydrogen-bond acceptors (Lipinski definition) is 2. The lowest BCUT2D eigenvalue weighted by Crippen LogP contribution is -2.32. The summed E-state index contributed by atoms with van der Waals surface area (Å²) >= 11 is 5.62. The maximum absolute atomic E-state index is 13.4. The lowest BCUT2D eigenvalue weighted by molar-refractivity contribution is 0.0535. The van der Waals surface area contributed by atoms with Gasteiger partial charge in [-0.25, -0.2) is 9.18 Å². The molecule has 5 heteroatoms. The number of ether oxygens (including phenoxy) is 1. The summed E-state index contributed by atoms with van der Waals surface area (Å²) in [7, 11) is 0. The van der Waals surface area contributed by atoms with Gasteiger partial charge in [-0.2, -0.15) is 0 Å². The summed E-state index contributed by atoms with van der Waals surface area (Å²) in [5, 5.41) is 2.77. The molecule has 1 rings (SSSR count). The van der Waals surface area contributed by atoms with Gasteiger partial charge in [0.2, 0.25) is 0 Å². The van der Waals surface area contributed by atoms with E-state index < -0.39 is 17.5 Å². The van der Waals surface area contributed by atoms with Crippen LogP contribution < -0.4 is 5.32 Å². The van der Waals surface area contributed by atoms with Crippen LogP contribution in [-0.2, 0) is 4.74 Å². The fourth-order valence-electron chi connectivity index (χ4n) is 1.16. The third-order valence-electron chi connectivity index (χ3n) is 1.87. The lowest BCUT2D eigenvalue weighted by atomic mass is 10.2. The van der Waals surface area contributed by atoms with E-state index in [0.29, 0.717) is 5.02 Å². The monoisotopic (exact) mass is 283 g/mol. The van der Waals surface area contributed by atoms with Crippen LogP contribution >= 0.6 is 11.6 Å². The number of carbonyl (C=O) groups is 1. The van der Waals surface area contributed by atoms with E-state index >= 15 is 0 Å². The van der Waals surface area contributed by atoms with Crippen molar-refractivity contribution >= 4 is 17.7 Å². The molecule has 0 fully saturated rings. The van der Waals surface area contributed by atoms with Gasteiger partial charge >= 0.3 is 6.09 Å². The second kappa shape index (κ2) is 6.44. The Bertz CT molecular complexity index is 526. The summed E-state index contributed by atoms with van der Waals surface area (Å²) in [6.45, 7) is 5.38. The molecule has 1 aromatic rings. The highest BCUT2D eigenvalue weighted by atomic mass is 35.5. The lowest BCUT2D eigenvalue weighted by Gasteiger charge is -2.18. The van der Waals surface area contributed by atoms with E-state index in [-0.39, 0.29) is 12.1 Å². The third-order valence-corrected chi connectivity index (χ3v) is 2.11. The molecule has 1 amide bonds. The molecule has 0 aromatic heterocycles. The quantitative estimate of drug-likeness (QED) is 0.803.